The van der Waals surface area contributed by atoms with E-state index in [1.54, 1.807) is 0 Å². The normalized spacial score (nSPS) is 18.0. The summed E-state index contributed by atoms with van der Waals surface area (Å²) in [4.78, 5) is 110. The molecule has 3 aliphatic heterocycles. The minimum Gasteiger partial charge on any atom is -0.480 e. The molecule has 3 aliphatic rings. The predicted octanol–water partition coefficient (Wildman–Crippen LogP) is 9.24. The highest BCUT2D eigenvalue weighted by atomic mass is 33.1. The number of amides is 6. The molecular weight excluding hydrogens is 839 g/mol. The summed E-state index contributed by atoms with van der Waals surface area (Å²) in [6.07, 6.45) is 20.4. The van der Waals surface area contributed by atoms with Crippen molar-refractivity contribution in [2.75, 3.05) is 0 Å². The standard InChI is InChI=1S/C30H48N2O8S2.C15H25NO4/c1-3-5-7-9-11-13-15-21-29(27(37)38,31-23(33)17-18-24(31)34)41-42-30(28(39)40,32-25(35)19-20-26(32)36)22-16-14-12-10-8-6-4-2;1-2-3-4-5-6-7-8-9-12(15(19)20)16-13(17)10-11-14(16)18/h3-22H2,1-2H3,(H,37,38)(H,39,40);12H,2-11H2,1H3,(H,19,20). The molecule has 62 heavy (non-hydrogen) atoms. The smallest absolute Gasteiger partial charge is 0.341 e. The molecule has 0 aliphatic carbocycles. The summed E-state index contributed by atoms with van der Waals surface area (Å²) in [6.45, 7) is 6.41. The van der Waals surface area contributed by atoms with E-state index in [1.165, 1.54) is 25.7 Å². The average molecular weight is 912 g/mol. The van der Waals surface area contributed by atoms with Crippen molar-refractivity contribution in [1.29, 1.82) is 0 Å². The Morgan fingerprint density at radius 1 is 0.452 bits per heavy atom. The molecule has 3 atom stereocenters. The van der Waals surface area contributed by atoms with Gasteiger partial charge in [0.25, 0.3) is 0 Å². The van der Waals surface area contributed by atoms with Crippen molar-refractivity contribution < 1.29 is 58.5 Å². The van der Waals surface area contributed by atoms with E-state index in [9.17, 15) is 58.5 Å². The lowest BCUT2D eigenvalue weighted by Crippen LogP contribution is -2.57. The quantitative estimate of drug-likeness (QED) is 0.0317. The Balaban J connectivity index is 0.000000551. The first-order valence-corrected chi connectivity index (χ1v) is 25.4. The lowest BCUT2D eigenvalue weighted by atomic mass is 10.0. The largest absolute Gasteiger partial charge is 0.480 e. The van der Waals surface area contributed by atoms with Gasteiger partial charge in [-0.15, -0.1) is 0 Å². The highest BCUT2D eigenvalue weighted by molar-refractivity contribution is 8.78. The summed E-state index contributed by atoms with van der Waals surface area (Å²) in [5.74, 6) is -7.03. The minimum atomic E-state index is -2.05. The molecular formula is C45H73N3O12S2. The van der Waals surface area contributed by atoms with E-state index in [2.05, 4.69) is 20.8 Å². The Bertz CT molecular complexity index is 1400. The van der Waals surface area contributed by atoms with Gasteiger partial charge in [-0.1, -0.05) is 143 Å². The second kappa shape index (κ2) is 29.1. The van der Waals surface area contributed by atoms with Crippen molar-refractivity contribution in [2.45, 2.75) is 229 Å². The van der Waals surface area contributed by atoms with Gasteiger partial charge in [-0.2, -0.15) is 0 Å². The van der Waals surface area contributed by atoms with Gasteiger partial charge in [0.2, 0.25) is 45.2 Å². The maximum Gasteiger partial charge on any atom is 0.341 e. The molecule has 3 saturated heterocycles. The van der Waals surface area contributed by atoms with E-state index in [4.69, 9.17) is 0 Å². The topological polar surface area (TPSA) is 224 Å². The number of nitrogens with zero attached hydrogens (tertiary/aromatic N) is 3. The van der Waals surface area contributed by atoms with Gasteiger partial charge < -0.3 is 15.3 Å². The van der Waals surface area contributed by atoms with Gasteiger partial charge in [0.15, 0.2) is 0 Å². The first-order valence-electron chi connectivity index (χ1n) is 23.3. The van der Waals surface area contributed by atoms with Crippen molar-refractivity contribution in [2.24, 2.45) is 0 Å². The Hall–Kier alpha value is -3.47. The lowest BCUT2D eigenvalue weighted by molar-refractivity contribution is -0.157. The van der Waals surface area contributed by atoms with Crippen LogP contribution in [-0.4, -0.2) is 99.2 Å². The van der Waals surface area contributed by atoms with Crippen LogP contribution in [0, 0.1) is 0 Å². The number of carboxylic acid groups (broad SMARTS) is 3. The zero-order valence-electron chi connectivity index (χ0n) is 37.5. The van der Waals surface area contributed by atoms with Gasteiger partial charge in [-0.05, 0) is 53.7 Å². The Morgan fingerprint density at radius 2 is 0.726 bits per heavy atom. The van der Waals surface area contributed by atoms with Crippen molar-refractivity contribution in [3.8, 4) is 0 Å². The Morgan fingerprint density at radius 3 is 1.02 bits per heavy atom. The third-order valence-corrected chi connectivity index (χ3v) is 15.5. The second-order valence-electron chi connectivity index (χ2n) is 16.8. The monoisotopic (exact) mass is 911 g/mol. The van der Waals surface area contributed by atoms with E-state index in [1.807, 2.05) is 0 Å². The van der Waals surface area contributed by atoms with Gasteiger partial charge in [-0.25, -0.2) is 14.4 Å². The molecule has 6 amide bonds. The van der Waals surface area contributed by atoms with Crippen molar-refractivity contribution in [1.82, 2.24) is 14.7 Å². The molecule has 3 heterocycles. The first-order chi connectivity index (χ1) is 29.6. The number of carbonyl (C=O) groups excluding carboxylic acids is 6. The maximum atomic E-state index is 13.0. The molecule has 3 unspecified atom stereocenters. The lowest BCUT2D eigenvalue weighted by Gasteiger charge is -2.41. The van der Waals surface area contributed by atoms with Crippen molar-refractivity contribution in [3.63, 3.8) is 0 Å². The Labute approximate surface area is 376 Å². The third kappa shape index (κ3) is 16.3. The first kappa shape index (κ1) is 54.7. The Kier molecular flexibility index (Phi) is 25.6. The number of aliphatic carboxylic acids is 3. The van der Waals surface area contributed by atoms with Crippen LogP contribution >= 0.6 is 21.6 Å². The zero-order valence-corrected chi connectivity index (χ0v) is 39.1. The molecule has 3 rings (SSSR count). The van der Waals surface area contributed by atoms with Gasteiger partial charge in [0.05, 0.1) is 0 Å². The number of hydrogen-bond donors (Lipinski definition) is 3. The summed E-state index contributed by atoms with van der Waals surface area (Å²) in [7, 11) is 1.26. The van der Waals surface area contributed by atoms with E-state index in [0.717, 1.165) is 98.2 Å². The molecule has 17 heteroatoms. The molecule has 0 spiro atoms. The number of likely N-dealkylation sites (tertiary alicyclic amines) is 3. The van der Waals surface area contributed by atoms with Crippen molar-refractivity contribution in [3.05, 3.63) is 0 Å². The van der Waals surface area contributed by atoms with Crippen LogP contribution in [0.15, 0.2) is 0 Å². The SMILES string of the molecule is CCCCCCCCCC(C(=O)O)N1C(=O)CCC1=O.CCCCCCCCCC(SSC(CCCCCCCCC)(C(=O)O)N1C(=O)CCC1=O)(C(=O)O)N1C(=O)CCC1=O. The summed E-state index contributed by atoms with van der Waals surface area (Å²) in [5.41, 5.74) is 0. The van der Waals surface area contributed by atoms with Gasteiger partial charge in [0, 0.05) is 38.5 Å². The highest BCUT2D eigenvalue weighted by Crippen LogP contribution is 2.53. The molecule has 352 valence electrons. The summed E-state index contributed by atoms with van der Waals surface area (Å²) in [5, 5.41) is 30.3. The fraction of sp³-hybridized carbons (Fsp3) is 0.800. The highest BCUT2D eigenvalue weighted by Gasteiger charge is 2.58. The number of hydrogen-bond acceptors (Lipinski definition) is 11. The number of imide groups is 3. The van der Waals surface area contributed by atoms with Crippen LogP contribution in [0.25, 0.3) is 0 Å². The fourth-order valence-electron chi connectivity index (χ4n) is 8.20. The molecule has 0 aromatic carbocycles. The second-order valence-corrected chi connectivity index (χ2v) is 19.4. The summed E-state index contributed by atoms with van der Waals surface area (Å²) in [6, 6.07) is -0.965. The minimum absolute atomic E-state index is 0.0553. The maximum absolute atomic E-state index is 13.0. The molecule has 0 aromatic heterocycles. The summed E-state index contributed by atoms with van der Waals surface area (Å²) < 4.78 is 0. The van der Waals surface area contributed by atoms with Crippen LogP contribution in [0.4, 0.5) is 0 Å². The molecule has 0 radical (unpaired) electrons. The average Bonchev–Trinajstić information content (AvgIpc) is 3.88. The van der Waals surface area contributed by atoms with Crippen LogP contribution in [-0.2, 0) is 43.2 Å². The van der Waals surface area contributed by atoms with E-state index in [0.29, 0.717) is 53.7 Å². The van der Waals surface area contributed by atoms with Crippen LogP contribution in [0.5, 0.6) is 0 Å². The molecule has 3 N–H and O–H groups in total. The fourth-order valence-corrected chi connectivity index (χ4v) is 11.8. The van der Waals surface area contributed by atoms with Gasteiger partial charge in [0.1, 0.15) is 6.04 Å². The van der Waals surface area contributed by atoms with Crippen LogP contribution < -0.4 is 0 Å². The molecule has 15 nitrogen and oxygen atoms in total. The van der Waals surface area contributed by atoms with Gasteiger partial charge in [-0.3, -0.25) is 43.5 Å². The third-order valence-electron chi connectivity index (χ3n) is 11.8. The van der Waals surface area contributed by atoms with Crippen LogP contribution in [0.3, 0.4) is 0 Å². The molecule has 0 saturated carbocycles. The van der Waals surface area contributed by atoms with Crippen molar-refractivity contribution >= 4 is 74.9 Å². The van der Waals surface area contributed by atoms with E-state index < -0.39 is 57.3 Å². The number of carbonyl (C=O) groups is 9. The zero-order chi connectivity index (χ0) is 46.1. The number of carboxylic acids is 3. The van der Waals surface area contributed by atoms with E-state index in [-0.39, 0.29) is 63.2 Å². The molecule has 0 aromatic rings. The molecule has 3 fully saturated rings. The van der Waals surface area contributed by atoms with Crippen LogP contribution in [0.2, 0.25) is 0 Å². The number of unbranched alkanes of at least 4 members (excludes halogenated alkanes) is 18. The van der Waals surface area contributed by atoms with E-state index >= 15 is 0 Å². The number of rotatable bonds is 33. The molecule has 0 bridgehead atoms. The van der Waals surface area contributed by atoms with Crippen LogP contribution in [0.1, 0.15) is 213 Å². The predicted molar refractivity (Wildman–Crippen MR) is 238 cm³/mol. The van der Waals surface area contributed by atoms with Gasteiger partial charge >= 0.3 is 17.9 Å². The summed E-state index contributed by atoms with van der Waals surface area (Å²) >= 11 is 0.